The predicted octanol–water partition coefficient (Wildman–Crippen LogP) is -2.77. The molecule has 0 aromatic carbocycles. The minimum Gasteiger partial charge on any atom is -0.396 e. The van der Waals surface area contributed by atoms with Crippen LogP contribution in [0.5, 0.6) is 0 Å². The second-order valence-corrected chi connectivity index (χ2v) is 4.66. The zero-order chi connectivity index (χ0) is 13.7. The topological polar surface area (TPSA) is 125 Å². The molecule has 0 radical (unpaired) electrons. The summed E-state index contributed by atoms with van der Waals surface area (Å²) in [5.74, 6) is 0. The molecule has 7 nitrogen and oxygen atoms in total. The summed E-state index contributed by atoms with van der Waals surface area (Å²) >= 11 is 0. The Labute approximate surface area is 106 Å². The first kappa shape index (κ1) is 15.8. The summed E-state index contributed by atoms with van der Waals surface area (Å²) in [4.78, 5) is 1.39. The molecule has 1 heterocycles. The van der Waals surface area contributed by atoms with E-state index in [0.717, 1.165) is 6.42 Å². The standard InChI is InChI=1S/C11H23NO6/c13-5-3-1-2-4-12-7(6-14)8(15)9(16)10(17)11(12)18/h7-11,13-18H,1-6H2/t7-,8-,9+,10-,11?/m1/s1. The van der Waals surface area contributed by atoms with Gasteiger partial charge in [0.05, 0.1) is 12.6 Å². The first-order chi connectivity index (χ1) is 8.54. The Morgan fingerprint density at radius 1 is 0.778 bits per heavy atom. The van der Waals surface area contributed by atoms with E-state index in [4.69, 9.17) is 5.11 Å². The molecule has 1 fully saturated rings. The maximum absolute atomic E-state index is 9.83. The van der Waals surface area contributed by atoms with Crippen molar-refractivity contribution in [2.24, 2.45) is 0 Å². The van der Waals surface area contributed by atoms with Crippen LogP contribution in [0.2, 0.25) is 0 Å². The molecule has 5 atom stereocenters. The molecule has 1 aliphatic rings. The normalized spacial score (nSPS) is 38.0. The Kier molecular flexibility index (Phi) is 6.44. The predicted molar refractivity (Wildman–Crippen MR) is 62.5 cm³/mol. The third kappa shape index (κ3) is 3.39. The SMILES string of the molecule is OCCCCCN1C(O)[C@H](O)[C@@H](O)[C@H](O)[C@H]1CO. The smallest absolute Gasteiger partial charge is 0.136 e. The Hall–Kier alpha value is -0.280. The third-order valence-electron chi connectivity index (χ3n) is 3.43. The maximum atomic E-state index is 9.83. The van der Waals surface area contributed by atoms with E-state index in [1.54, 1.807) is 0 Å². The second kappa shape index (κ2) is 7.34. The minimum atomic E-state index is -1.47. The van der Waals surface area contributed by atoms with Gasteiger partial charge in [-0.25, -0.2) is 0 Å². The zero-order valence-electron chi connectivity index (χ0n) is 10.3. The summed E-state index contributed by atoms with van der Waals surface area (Å²) in [6, 6.07) is -0.799. The van der Waals surface area contributed by atoms with Gasteiger partial charge in [-0.1, -0.05) is 0 Å². The van der Waals surface area contributed by atoms with Crippen LogP contribution in [0.15, 0.2) is 0 Å². The lowest BCUT2D eigenvalue weighted by molar-refractivity contribution is -0.222. The first-order valence-electron chi connectivity index (χ1n) is 6.24. The number of aliphatic hydroxyl groups excluding tert-OH is 6. The molecule has 0 spiro atoms. The molecule has 1 unspecified atom stereocenters. The van der Waals surface area contributed by atoms with Gasteiger partial charge in [0.15, 0.2) is 0 Å². The van der Waals surface area contributed by atoms with Crippen LogP contribution in [0.3, 0.4) is 0 Å². The summed E-state index contributed by atoms with van der Waals surface area (Å²) in [5.41, 5.74) is 0. The van der Waals surface area contributed by atoms with Crippen LogP contribution < -0.4 is 0 Å². The van der Waals surface area contributed by atoms with Crippen molar-refractivity contribution in [3.63, 3.8) is 0 Å². The first-order valence-corrected chi connectivity index (χ1v) is 6.24. The van der Waals surface area contributed by atoms with Gasteiger partial charge in [-0.15, -0.1) is 0 Å². The number of unbranched alkanes of at least 4 members (excludes halogenated alkanes) is 2. The van der Waals surface area contributed by atoms with Crippen molar-refractivity contribution in [3.8, 4) is 0 Å². The van der Waals surface area contributed by atoms with Crippen molar-refractivity contribution in [1.29, 1.82) is 0 Å². The lowest BCUT2D eigenvalue weighted by Gasteiger charge is -2.46. The average molecular weight is 265 g/mol. The van der Waals surface area contributed by atoms with Gasteiger partial charge in [-0.2, -0.15) is 0 Å². The minimum absolute atomic E-state index is 0.0932. The number of aliphatic hydroxyl groups is 6. The van der Waals surface area contributed by atoms with E-state index in [1.165, 1.54) is 4.90 Å². The molecule has 0 aliphatic carbocycles. The van der Waals surface area contributed by atoms with Gasteiger partial charge in [0.2, 0.25) is 0 Å². The van der Waals surface area contributed by atoms with E-state index >= 15 is 0 Å². The quantitative estimate of drug-likeness (QED) is 0.287. The molecular formula is C11H23NO6. The lowest BCUT2D eigenvalue weighted by atomic mass is 9.92. The van der Waals surface area contributed by atoms with Crippen LogP contribution >= 0.6 is 0 Å². The van der Waals surface area contributed by atoms with Crippen molar-refractivity contribution < 1.29 is 30.6 Å². The molecule has 108 valence electrons. The van der Waals surface area contributed by atoms with E-state index < -0.39 is 37.2 Å². The molecule has 7 heteroatoms. The summed E-state index contributed by atoms with van der Waals surface area (Å²) in [5, 5.41) is 56.5. The lowest BCUT2D eigenvalue weighted by Crippen LogP contribution is -2.67. The van der Waals surface area contributed by atoms with Crippen LogP contribution in [0.4, 0.5) is 0 Å². The maximum Gasteiger partial charge on any atom is 0.136 e. The average Bonchev–Trinajstić information content (AvgIpc) is 2.38. The Bertz CT molecular complexity index is 242. The zero-order valence-corrected chi connectivity index (χ0v) is 10.3. The fraction of sp³-hybridized carbons (Fsp3) is 1.00. The molecule has 1 saturated heterocycles. The molecule has 0 saturated carbocycles. The van der Waals surface area contributed by atoms with Gasteiger partial charge in [0, 0.05) is 13.2 Å². The van der Waals surface area contributed by atoms with Crippen molar-refractivity contribution >= 4 is 0 Å². The number of hydrogen-bond acceptors (Lipinski definition) is 7. The van der Waals surface area contributed by atoms with E-state index in [2.05, 4.69) is 0 Å². The highest BCUT2D eigenvalue weighted by Gasteiger charge is 2.46. The number of likely N-dealkylation sites (tertiary alicyclic amines) is 1. The molecule has 6 N–H and O–H groups in total. The number of nitrogens with zero attached hydrogens (tertiary/aromatic N) is 1. The molecule has 18 heavy (non-hydrogen) atoms. The number of hydrogen-bond donors (Lipinski definition) is 6. The van der Waals surface area contributed by atoms with E-state index in [-0.39, 0.29) is 6.61 Å². The van der Waals surface area contributed by atoms with E-state index in [9.17, 15) is 25.5 Å². The molecule has 0 amide bonds. The summed E-state index contributed by atoms with van der Waals surface area (Å²) < 4.78 is 0. The van der Waals surface area contributed by atoms with E-state index in [1.807, 2.05) is 0 Å². The number of piperidine rings is 1. The van der Waals surface area contributed by atoms with Crippen molar-refractivity contribution in [2.75, 3.05) is 19.8 Å². The molecule has 0 aromatic heterocycles. The molecule has 1 rings (SSSR count). The van der Waals surface area contributed by atoms with Crippen molar-refractivity contribution in [2.45, 2.75) is 49.8 Å². The number of rotatable bonds is 6. The van der Waals surface area contributed by atoms with Crippen LogP contribution in [0, 0.1) is 0 Å². The highest BCUT2D eigenvalue weighted by Crippen LogP contribution is 2.23. The summed E-state index contributed by atoms with van der Waals surface area (Å²) in [6.07, 6.45) is -3.50. The molecular weight excluding hydrogens is 242 g/mol. The van der Waals surface area contributed by atoms with Crippen LogP contribution in [-0.4, -0.2) is 85.9 Å². The van der Waals surface area contributed by atoms with Gasteiger partial charge in [0.1, 0.15) is 24.5 Å². The fourth-order valence-electron chi connectivity index (χ4n) is 2.29. The monoisotopic (exact) mass is 265 g/mol. The van der Waals surface area contributed by atoms with Gasteiger partial charge < -0.3 is 30.6 Å². The van der Waals surface area contributed by atoms with Crippen LogP contribution in [0.1, 0.15) is 19.3 Å². The van der Waals surface area contributed by atoms with Crippen molar-refractivity contribution in [3.05, 3.63) is 0 Å². The van der Waals surface area contributed by atoms with Gasteiger partial charge in [-0.3, -0.25) is 4.90 Å². The Morgan fingerprint density at radius 2 is 1.44 bits per heavy atom. The Balaban J connectivity index is 2.60. The largest absolute Gasteiger partial charge is 0.396 e. The summed E-state index contributed by atoms with van der Waals surface area (Å²) in [7, 11) is 0. The van der Waals surface area contributed by atoms with Crippen LogP contribution in [0.25, 0.3) is 0 Å². The molecule has 1 aliphatic heterocycles. The van der Waals surface area contributed by atoms with Gasteiger partial charge >= 0.3 is 0 Å². The van der Waals surface area contributed by atoms with Crippen LogP contribution in [-0.2, 0) is 0 Å². The fourth-order valence-corrected chi connectivity index (χ4v) is 2.29. The summed E-state index contributed by atoms with van der Waals surface area (Å²) in [6.45, 7) is 0.0468. The van der Waals surface area contributed by atoms with E-state index in [0.29, 0.717) is 19.4 Å². The van der Waals surface area contributed by atoms with Gasteiger partial charge in [0.25, 0.3) is 0 Å². The third-order valence-corrected chi connectivity index (χ3v) is 3.43. The molecule has 0 aromatic rings. The van der Waals surface area contributed by atoms with Gasteiger partial charge in [-0.05, 0) is 19.3 Å². The molecule has 0 bridgehead atoms. The second-order valence-electron chi connectivity index (χ2n) is 4.66. The highest BCUT2D eigenvalue weighted by molar-refractivity contribution is 4.96. The Morgan fingerprint density at radius 3 is 2.00 bits per heavy atom. The highest BCUT2D eigenvalue weighted by atomic mass is 16.4. The van der Waals surface area contributed by atoms with Crippen molar-refractivity contribution in [1.82, 2.24) is 4.90 Å².